The van der Waals surface area contributed by atoms with Gasteiger partial charge in [0.25, 0.3) is 17.2 Å². The number of H-pyrrole nitrogens is 1. The molecule has 1 heterocycles. The summed E-state index contributed by atoms with van der Waals surface area (Å²) < 4.78 is 0. The first kappa shape index (κ1) is 16.4. The zero-order chi connectivity index (χ0) is 18.0. The van der Waals surface area contributed by atoms with Crippen LogP contribution in [0.5, 0.6) is 0 Å². The molecular weight excluding hydrogens is 322 g/mol. The minimum atomic E-state index is -0.657. The topological polar surface area (TPSA) is 96.3 Å². The molecule has 0 saturated heterocycles. The van der Waals surface area contributed by atoms with Crippen LogP contribution in [0.2, 0.25) is 0 Å². The van der Waals surface area contributed by atoms with Gasteiger partial charge in [-0.25, -0.2) is 0 Å². The van der Waals surface area contributed by atoms with Crippen molar-refractivity contribution < 1.29 is 9.72 Å². The fourth-order valence-corrected chi connectivity index (χ4v) is 2.63. The van der Waals surface area contributed by atoms with Gasteiger partial charge in [0.2, 0.25) is 0 Å². The van der Waals surface area contributed by atoms with Crippen LogP contribution in [0.3, 0.4) is 0 Å². The van der Waals surface area contributed by atoms with E-state index in [0.29, 0.717) is 0 Å². The zero-order valence-electron chi connectivity index (χ0n) is 13.4. The number of hydrogen-bond donors (Lipinski definition) is 1. The number of rotatable bonds is 4. The van der Waals surface area contributed by atoms with Gasteiger partial charge >= 0.3 is 0 Å². The molecule has 0 aliphatic heterocycles. The average molecular weight is 337 g/mol. The largest absolute Gasteiger partial charge is 0.337 e. The lowest BCUT2D eigenvalue weighted by Gasteiger charge is -2.17. The Morgan fingerprint density at radius 3 is 2.60 bits per heavy atom. The second kappa shape index (κ2) is 6.56. The van der Waals surface area contributed by atoms with Crippen LogP contribution in [0.15, 0.2) is 59.5 Å². The van der Waals surface area contributed by atoms with E-state index in [0.717, 1.165) is 28.6 Å². The second-order valence-corrected chi connectivity index (χ2v) is 5.70. The number of fused-ring (bicyclic) bond motifs is 1. The third kappa shape index (κ3) is 3.40. The molecule has 0 fully saturated rings. The van der Waals surface area contributed by atoms with Crippen LogP contribution in [0.25, 0.3) is 10.8 Å². The van der Waals surface area contributed by atoms with Gasteiger partial charge in [-0.3, -0.25) is 19.7 Å². The van der Waals surface area contributed by atoms with E-state index in [-0.39, 0.29) is 17.8 Å². The third-order valence-electron chi connectivity index (χ3n) is 3.91. The van der Waals surface area contributed by atoms with Crippen LogP contribution in [-0.4, -0.2) is 27.8 Å². The molecule has 0 radical (unpaired) electrons. The Balaban J connectivity index is 1.86. The number of pyridine rings is 1. The molecule has 7 heteroatoms. The quantitative estimate of drug-likeness (QED) is 0.585. The number of nitrogens with one attached hydrogen (secondary N) is 1. The SMILES string of the molecule is CN(Cc1ccc2ccccc2c1)C(=O)c1cc([N+](=O)[O-])c[nH]c1=O. The summed E-state index contributed by atoms with van der Waals surface area (Å²) >= 11 is 0. The highest BCUT2D eigenvalue weighted by molar-refractivity contribution is 5.94. The summed E-state index contributed by atoms with van der Waals surface area (Å²) in [6.45, 7) is 0.284. The van der Waals surface area contributed by atoms with E-state index < -0.39 is 16.4 Å². The Hall–Kier alpha value is -3.48. The van der Waals surface area contributed by atoms with Crippen molar-refractivity contribution in [3.63, 3.8) is 0 Å². The highest BCUT2D eigenvalue weighted by Crippen LogP contribution is 2.17. The lowest BCUT2D eigenvalue weighted by Crippen LogP contribution is -2.31. The number of aromatic nitrogens is 1. The maximum absolute atomic E-state index is 12.5. The summed E-state index contributed by atoms with van der Waals surface area (Å²) in [4.78, 5) is 38.1. The first-order valence-electron chi connectivity index (χ1n) is 7.56. The number of nitro groups is 1. The van der Waals surface area contributed by atoms with E-state index in [1.54, 1.807) is 7.05 Å². The summed E-state index contributed by atoms with van der Waals surface area (Å²) in [5, 5.41) is 13.0. The molecule has 3 aromatic rings. The molecule has 126 valence electrons. The van der Waals surface area contributed by atoms with E-state index >= 15 is 0 Å². The standard InChI is InChI=1S/C18H15N3O4/c1-20(11-12-6-7-13-4-2-3-5-14(13)8-12)18(23)16-9-15(21(24)25)10-19-17(16)22/h2-10H,11H2,1H3,(H,19,22). The molecule has 2 aromatic carbocycles. The molecule has 0 bridgehead atoms. The first-order chi connectivity index (χ1) is 12.0. The van der Waals surface area contributed by atoms with Crippen molar-refractivity contribution in [1.29, 1.82) is 0 Å². The predicted octanol–water partition coefficient (Wildman–Crippen LogP) is 2.71. The van der Waals surface area contributed by atoms with E-state index in [9.17, 15) is 19.7 Å². The van der Waals surface area contributed by atoms with Crippen molar-refractivity contribution in [2.75, 3.05) is 7.05 Å². The van der Waals surface area contributed by atoms with E-state index in [2.05, 4.69) is 4.98 Å². The van der Waals surface area contributed by atoms with Crippen LogP contribution >= 0.6 is 0 Å². The van der Waals surface area contributed by atoms with Crippen LogP contribution in [0, 0.1) is 10.1 Å². The number of carbonyl (C=O) groups is 1. The van der Waals surface area contributed by atoms with Gasteiger partial charge in [-0.05, 0) is 22.4 Å². The lowest BCUT2D eigenvalue weighted by atomic mass is 10.1. The van der Waals surface area contributed by atoms with Gasteiger partial charge in [-0.1, -0.05) is 36.4 Å². The molecular formula is C18H15N3O4. The molecule has 0 unspecified atom stereocenters. The molecule has 7 nitrogen and oxygen atoms in total. The van der Waals surface area contributed by atoms with Gasteiger partial charge in [0, 0.05) is 19.7 Å². The number of aromatic amines is 1. The van der Waals surface area contributed by atoms with Gasteiger partial charge in [0.1, 0.15) is 5.56 Å². The molecule has 0 spiro atoms. The fourth-order valence-electron chi connectivity index (χ4n) is 2.63. The van der Waals surface area contributed by atoms with E-state index in [4.69, 9.17) is 0 Å². The van der Waals surface area contributed by atoms with Gasteiger partial charge in [0.15, 0.2) is 0 Å². The molecule has 0 aliphatic carbocycles. The summed E-state index contributed by atoms with van der Waals surface area (Å²) in [6.07, 6.45) is 0.975. The van der Waals surface area contributed by atoms with Crippen LogP contribution in [0.1, 0.15) is 15.9 Å². The summed E-state index contributed by atoms with van der Waals surface area (Å²) in [6, 6.07) is 14.7. The van der Waals surface area contributed by atoms with Crippen molar-refractivity contribution in [3.05, 3.63) is 86.3 Å². The number of carbonyl (C=O) groups excluding carboxylic acids is 1. The predicted molar refractivity (Wildman–Crippen MR) is 93.5 cm³/mol. The van der Waals surface area contributed by atoms with Crippen molar-refractivity contribution in [2.45, 2.75) is 6.54 Å². The molecule has 1 amide bonds. The smallest absolute Gasteiger partial charge is 0.286 e. The normalized spacial score (nSPS) is 10.6. The Morgan fingerprint density at radius 2 is 1.88 bits per heavy atom. The first-order valence-corrected chi connectivity index (χ1v) is 7.56. The van der Waals surface area contributed by atoms with Crippen molar-refractivity contribution in [3.8, 4) is 0 Å². The molecule has 1 N–H and O–H groups in total. The fraction of sp³-hybridized carbons (Fsp3) is 0.111. The van der Waals surface area contributed by atoms with Crippen LogP contribution < -0.4 is 5.56 Å². The maximum atomic E-state index is 12.5. The van der Waals surface area contributed by atoms with Crippen molar-refractivity contribution >= 4 is 22.4 Å². The highest BCUT2D eigenvalue weighted by Gasteiger charge is 2.19. The third-order valence-corrected chi connectivity index (χ3v) is 3.91. The molecule has 25 heavy (non-hydrogen) atoms. The van der Waals surface area contributed by atoms with Crippen LogP contribution in [-0.2, 0) is 6.54 Å². The molecule has 1 aromatic heterocycles. The van der Waals surface area contributed by atoms with Gasteiger partial charge in [-0.15, -0.1) is 0 Å². The lowest BCUT2D eigenvalue weighted by molar-refractivity contribution is -0.385. The number of nitrogens with zero attached hydrogens (tertiary/aromatic N) is 2. The van der Waals surface area contributed by atoms with E-state index in [1.807, 2.05) is 42.5 Å². The molecule has 3 rings (SSSR count). The zero-order valence-corrected chi connectivity index (χ0v) is 13.4. The monoisotopic (exact) mass is 337 g/mol. The Kier molecular flexibility index (Phi) is 4.30. The van der Waals surface area contributed by atoms with Crippen molar-refractivity contribution in [1.82, 2.24) is 9.88 Å². The van der Waals surface area contributed by atoms with Gasteiger partial charge in [0.05, 0.1) is 11.1 Å². The summed E-state index contributed by atoms with van der Waals surface area (Å²) in [5.41, 5.74) is -0.336. The number of benzene rings is 2. The summed E-state index contributed by atoms with van der Waals surface area (Å²) in [5.74, 6) is -0.571. The minimum absolute atomic E-state index is 0.252. The Labute approximate surface area is 142 Å². The molecule has 0 saturated carbocycles. The molecule has 0 atom stereocenters. The van der Waals surface area contributed by atoms with Gasteiger partial charge in [-0.2, -0.15) is 0 Å². The number of hydrogen-bond acceptors (Lipinski definition) is 4. The maximum Gasteiger partial charge on any atom is 0.286 e. The number of amides is 1. The second-order valence-electron chi connectivity index (χ2n) is 5.70. The Bertz CT molecular complexity index is 1030. The minimum Gasteiger partial charge on any atom is -0.337 e. The van der Waals surface area contributed by atoms with Gasteiger partial charge < -0.3 is 9.88 Å². The average Bonchev–Trinajstić information content (AvgIpc) is 2.61. The molecule has 0 aliphatic rings. The summed E-state index contributed by atoms with van der Waals surface area (Å²) in [7, 11) is 1.55. The van der Waals surface area contributed by atoms with Crippen LogP contribution in [0.4, 0.5) is 5.69 Å². The highest BCUT2D eigenvalue weighted by atomic mass is 16.6. The van der Waals surface area contributed by atoms with Crippen molar-refractivity contribution in [2.24, 2.45) is 0 Å². The van der Waals surface area contributed by atoms with E-state index in [1.165, 1.54) is 4.90 Å². The Morgan fingerprint density at radius 1 is 1.16 bits per heavy atom.